The van der Waals surface area contributed by atoms with Gasteiger partial charge in [0, 0.05) is 12.0 Å². The van der Waals surface area contributed by atoms with Gasteiger partial charge in [-0.25, -0.2) is 0 Å². The highest BCUT2D eigenvalue weighted by Gasteiger charge is 2.27. The van der Waals surface area contributed by atoms with Crippen molar-refractivity contribution in [3.63, 3.8) is 0 Å². The molecule has 3 rings (SSSR count). The second kappa shape index (κ2) is 4.46. The molecule has 2 heteroatoms. The summed E-state index contributed by atoms with van der Waals surface area (Å²) in [7, 11) is 0. The standard InChI is InChI=1S/C16H16O2/c1-11-7-8-15-13(9-11)14(17)10-16(18-15)12-5-3-2-4-6-12/h2-9,14,16-17H,10H2,1H3/t14-,16?/m0/s1. The summed E-state index contributed by atoms with van der Waals surface area (Å²) in [6.07, 6.45) is 0.107. The Kier molecular flexibility index (Phi) is 2.80. The summed E-state index contributed by atoms with van der Waals surface area (Å²) in [6, 6.07) is 16.0. The molecule has 1 N–H and O–H groups in total. The number of ether oxygens (including phenoxy) is 1. The van der Waals surface area contributed by atoms with Gasteiger partial charge in [-0.2, -0.15) is 0 Å². The summed E-state index contributed by atoms with van der Waals surface area (Å²) in [5.74, 6) is 0.799. The first kappa shape index (κ1) is 11.3. The Labute approximate surface area is 107 Å². The van der Waals surface area contributed by atoms with Gasteiger partial charge in [0.25, 0.3) is 0 Å². The number of hydrogen-bond donors (Lipinski definition) is 1. The Bertz CT molecular complexity index is 548. The third kappa shape index (κ3) is 2.00. The first-order valence-electron chi connectivity index (χ1n) is 6.24. The second-order valence-corrected chi connectivity index (χ2v) is 4.81. The molecular formula is C16H16O2. The molecule has 1 heterocycles. The van der Waals surface area contributed by atoms with E-state index in [4.69, 9.17) is 4.74 Å². The minimum atomic E-state index is -0.446. The van der Waals surface area contributed by atoms with Crippen molar-refractivity contribution < 1.29 is 9.84 Å². The molecule has 0 bridgehead atoms. The van der Waals surface area contributed by atoms with Crippen molar-refractivity contribution in [2.24, 2.45) is 0 Å². The summed E-state index contributed by atoms with van der Waals surface area (Å²) in [4.78, 5) is 0. The lowest BCUT2D eigenvalue weighted by atomic mass is 9.94. The fourth-order valence-corrected chi connectivity index (χ4v) is 2.44. The lowest BCUT2D eigenvalue weighted by molar-refractivity contribution is 0.0657. The van der Waals surface area contributed by atoms with E-state index in [1.165, 1.54) is 0 Å². The Morgan fingerprint density at radius 2 is 1.89 bits per heavy atom. The Hall–Kier alpha value is -1.80. The molecule has 0 radical (unpaired) electrons. The van der Waals surface area contributed by atoms with Crippen LogP contribution in [0.25, 0.3) is 0 Å². The monoisotopic (exact) mass is 240 g/mol. The van der Waals surface area contributed by atoms with Crippen LogP contribution < -0.4 is 4.74 Å². The molecule has 1 aliphatic heterocycles. The molecule has 0 saturated heterocycles. The molecule has 2 atom stereocenters. The number of fused-ring (bicyclic) bond motifs is 1. The first-order valence-corrected chi connectivity index (χ1v) is 6.24. The quantitative estimate of drug-likeness (QED) is 0.826. The molecule has 0 saturated carbocycles. The maximum atomic E-state index is 10.2. The summed E-state index contributed by atoms with van der Waals surface area (Å²) in [6.45, 7) is 2.02. The van der Waals surface area contributed by atoms with E-state index < -0.39 is 6.10 Å². The molecule has 0 spiro atoms. The molecule has 18 heavy (non-hydrogen) atoms. The van der Waals surface area contributed by atoms with E-state index in [9.17, 15) is 5.11 Å². The van der Waals surface area contributed by atoms with Gasteiger partial charge in [-0.15, -0.1) is 0 Å². The lowest BCUT2D eigenvalue weighted by Gasteiger charge is -2.30. The summed E-state index contributed by atoms with van der Waals surface area (Å²) < 4.78 is 5.98. The number of aliphatic hydroxyl groups is 1. The average Bonchev–Trinajstić information content (AvgIpc) is 2.40. The zero-order chi connectivity index (χ0) is 12.5. The van der Waals surface area contributed by atoms with Crippen LogP contribution in [0, 0.1) is 6.92 Å². The smallest absolute Gasteiger partial charge is 0.127 e. The summed E-state index contributed by atoms with van der Waals surface area (Å²) in [5.41, 5.74) is 3.17. The van der Waals surface area contributed by atoms with Gasteiger partial charge >= 0.3 is 0 Å². The second-order valence-electron chi connectivity index (χ2n) is 4.81. The van der Waals surface area contributed by atoms with Gasteiger partial charge in [0.2, 0.25) is 0 Å². The zero-order valence-corrected chi connectivity index (χ0v) is 10.3. The largest absolute Gasteiger partial charge is 0.485 e. The molecule has 0 amide bonds. The van der Waals surface area contributed by atoms with Crippen LogP contribution in [-0.2, 0) is 0 Å². The van der Waals surface area contributed by atoms with E-state index in [2.05, 4.69) is 0 Å². The molecular weight excluding hydrogens is 224 g/mol. The van der Waals surface area contributed by atoms with Gasteiger partial charge in [-0.1, -0.05) is 42.0 Å². The van der Waals surface area contributed by atoms with E-state index in [1.807, 2.05) is 55.5 Å². The van der Waals surface area contributed by atoms with E-state index in [0.717, 1.165) is 22.4 Å². The highest BCUT2D eigenvalue weighted by molar-refractivity contribution is 5.41. The van der Waals surface area contributed by atoms with Crippen molar-refractivity contribution in [1.82, 2.24) is 0 Å². The lowest BCUT2D eigenvalue weighted by Crippen LogP contribution is -2.19. The van der Waals surface area contributed by atoms with Crippen LogP contribution in [0.5, 0.6) is 5.75 Å². The van der Waals surface area contributed by atoms with Gasteiger partial charge in [-0.05, 0) is 24.6 Å². The fraction of sp³-hybridized carbons (Fsp3) is 0.250. The van der Waals surface area contributed by atoms with Crippen LogP contribution in [0.2, 0.25) is 0 Å². The molecule has 2 nitrogen and oxygen atoms in total. The summed E-state index contributed by atoms with van der Waals surface area (Å²) in [5, 5.41) is 10.2. The topological polar surface area (TPSA) is 29.5 Å². The highest BCUT2D eigenvalue weighted by Crippen LogP contribution is 2.40. The number of benzene rings is 2. The van der Waals surface area contributed by atoms with Gasteiger partial charge in [-0.3, -0.25) is 0 Å². The third-order valence-electron chi connectivity index (χ3n) is 3.40. The van der Waals surface area contributed by atoms with Crippen molar-refractivity contribution in [1.29, 1.82) is 0 Å². The van der Waals surface area contributed by atoms with Crippen molar-refractivity contribution in [3.05, 3.63) is 65.2 Å². The molecule has 0 fully saturated rings. The third-order valence-corrected chi connectivity index (χ3v) is 3.40. The number of aryl methyl sites for hydroxylation is 1. The Morgan fingerprint density at radius 3 is 2.67 bits per heavy atom. The van der Waals surface area contributed by atoms with Crippen LogP contribution in [0.3, 0.4) is 0 Å². The Balaban J connectivity index is 1.95. The Morgan fingerprint density at radius 1 is 1.11 bits per heavy atom. The molecule has 1 unspecified atom stereocenters. The van der Waals surface area contributed by atoms with Crippen LogP contribution >= 0.6 is 0 Å². The first-order chi connectivity index (χ1) is 8.74. The maximum absolute atomic E-state index is 10.2. The van der Waals surface area contributed by atoms with Gasteiger partial charge in [0.1, 0.15) is 11.9 Å². The molecule has 0 aliphatic carbocycles. The number of aliphatic hydroxyl groups excluding tert-OH is 1. The van der Waals surface area contributed by atoms with Gasteiger partial charge in [0.05, 0.1) is 6.10 Å². The van der Waals surface area contributed by atoms with Crippen LogP contribution in [0.1, 0.15) is 35.3 Å². The SMILES string of the molecule is Cc1ccc2c(c1)[C@@H](O)CC(c1ccccc1)O2. The van der Waals surface area contributed by atoms with E-state index in [1.54, 1.807) is 0 Å². The summed E-state index contributed by atoms with van der Waals surface area (Å²) >= 11 is 0. The van der Waals surface area contributed by atoms with Crippen molar-refractivity contribution >= 4 is 0 Å². The average molecular weight is 240 g/mol. The maximum Gasteiger partial charge on any atom is 0.127 e. The normalized spacial score (nSPS) is 22.1. The molecule has 1 aliphatic rings. The van der Waals surface area contributed by atoms with Crippen LogP contribution in [-0.4, -0.2) is 5.11 Å². The molecule has 2 aromatic carbocycles. The number of rotatable bonds is 1. The highest BCUT2D eigenvalue weighted by atomic mass is 16.5. The van der Waals surface area contributed by atoms with Crippen molar-refractivity contribution in [2.45, 2.75) is 25.6 Å². The number of hydrogen-bond acceptors (Lipinski definition) is 2. The van der Waals surface area contributed by atoms with E-state index in [-0.39, 0.29) is 6.10 Å². The van der Waals surface area contributed by atoms with Gasteiger partial charge in [0.15, 0.2) is 0 Å². The minimum Gasteiger partial charge on any atom is -0.485 e. The predicted molar refractivity (Wildman–Crippen MR) is 70.6 cm³/mol. The molecule has 0 aromatic heterocycles. The molecule has 2 aromatic rings. The van der Waals surface area contributed by atoms with E-state index >= 15 is 0 Å². The molecule has 92 valence electrons. The minimum absolute atomic E-state index is 0.0589. The van der Waals surface area contributed by atoms with Crippen molar-refractivity contribution in [2.75, 3.05) is 0 Å². The van der Waals surface area contributed by atoms with Gasteiger partial charge < -0.3 is 9.84 Å². The van der Waals surface area contributed by atoms with Crippen LogP contribution in [0.15, 0.2) is 48.5 Å². The van der Waals surface area contributed by atoms with E-state index in [0.29, 0.717) is 6.42 Å². The zero-order valence-electron chi connectivity index (χ0n) is 10.3. The van der Waals surface area contributed by atoms with Crippen LogP contribution in [0.4, 0.5) is 0 Å². The predicted octanol–water partition coefficient (Wildman–Crippen LogP) is 3.55. The fourth-order valence-electron chi connectivity index (χ4n) is 2.44. The van der Waals surface area contributed by atoms with Crippen molar-refractivity contribution in [3.8, 4) is 5.75 Å².